The molecule has 1 N–H and O–H groups in total. The lowest BCUT2D eigenvalue weighted by atomic mass is 9.98. The van der Waals surface area contributed by atoms with Crippen LogP contribution in [0.2, 0.25) is 0 Å². The van der Waals surface area contributed by atoms with Crippen LogP contribution in [0, 0.1) is 6.92 Å². The molecule has 1 heteroatoms. The normalized spacial score (nSPS) is 11.4. The number of H-pyrrole nitrogens is 1. The van der Waals surface area contributed by atoms with Crippen LogP contribution in [0.3, 0.4) is 0 Å². The molecular weight excluding hydrogens is 362 g/mol. The van der Waals surface area contributed by atoms with E-state index in [-0.39, 0.29) is 0 Å². The number of aromatic amines is 1. The second-order valence-electron chi connectivity index (χ2n) is 9.78. The van der Waals surface area contributed by atoms with Crippen molar-refractivity contribution in [3.8, 4) is 0 Å². The minimum Gasteiger partial charge on any atom is -0.365 e. The number of rotatable bonds is 22. The molecule has 0 fully saturated rings. The molecule has 0 bridgehead atoms. The van der Waals surface area contributed by atoms with E-state index in [1.54, 1.807) is 11.1 Å². The molecule has 1 aromatic heterocycles. The Bertz CT molecular complexity index is 473. The number of hydrogen-bond acceptors (Lipinski definition) is 0. The van der Waals surface area contributed by atoms with Gasteiger partial charge in [-0.05, 0) is 43.7 Å². The van der Waals surface area contributed by atoms with Crippen molar-refractivity contribution in [3.63, 3.8) is 0 Å². The third-order valence-corrected chi connectivity index (χ3v) is 6.88. The van der Waals surface area contributed by atoms with Crippen LogP contribution in [0.15, 0.2) is 6.20 Å². The molecule has 1 nitrogen and oxygen atoms in total. The maximum Gasteiger partial charge on any atom is 0.0150 e. The standard InChI is InChI=1S/C29H55N/c1-4-6-8-10-12-14-16-18-20-22-24-28-26-30-27(3)29(28)25-23-21-19-17-15-13-11-9-7-5-2/h26,30H,4-25H2,1-3H3. The molecule has 176 valence electrons. The fraction of sp³-hybridized carbons (Fsp3) is 0.862. The van der Waals surface area contributed by atoms with Gasteiger partial charge >= 0.3 is 0 Å². The van der Waals surface area contributed by atoms with E-state index in [4.69, 9.17) is 0 Å². The summed E-state index contributed by atoms with van der Waals surface area (Å²) in [6, 6.07) is 0. The van der Waals surface area contributed by atoms with E-state index in [0.717, 1.165) is 0 Å². The molecule has 0 aromatic carbocycles. The highest BCUT2D eigenvalue weighted by Gasteiger charge is 2.08. The maximum atomic E-state index is 3.51. The lowest BCUT2D eigenvalue weighted by molar-refractivity contribution is 0.553. The zero-order valence-corrected chi connectivity index (χ0v) is 21.1. The maximum absolute atomic E-state index is 3.51. The highest BCUT2D eigenvalue weighted by atomic mass is 14.7. The predicted molar refractivity (Wildman–Crippen MR) is 137 cm³/mol. The van der Waals surface area contributed by atoms with Gasteiger partial charge in [-0.25, -0.2) is 0 Å². The van der Waals surface area contributed by atoms with E-state index >= 15 is 0 Å². The fourth-order valence-electron chi connectivity index (χ4n) is 4.77. The average molecular weight is 418 g/mol. The van der Waals surface area contributed by atoms with Crippen molar-refractivity contribution >= 4 is 0 Å². The van der Waals surface area contributed by atoms with Gasteiger partial charge in [0.05, 0.1) is 0 Å². The molecule has 1 aromatic rings. The van der Waals surface area contributed by atoms with Gasteiger partial charge in [-0.3, -0.25) is 0 Å². The summed E-state index contributed by atoms with van der Waals surface area (Å²) in [7, 11) is 0. The summed E-state index contributed by atoms with van der Waals surface area (Å²) in [6.07, 6.45) is 33.4. The van der Waals surface area contributed by atoms with Gasteiger partial charge in [0, 0.05) is 11.9 Å². The van der Waals surface area contributed by atoms with Crippen LogP contribution in [-0.4, -0.2) is 4.98 Å². The molecule has 0 aliphatic heterocycles. The van der Waals surface area contributed by atoms with Crippen molar-refractivity contribution in [2.24, 2.45) is 0 Å². The van der Waals surface area contributed by atoms with E-state index in [9.17, 15) is 0 Å². The second kappa shape index (κ2) is 20.2. The van der Waals surface area contributed by atoms with Gasteiger partial charge in [-0.15, -0.1) is 0 Å². The predicted octanol–water partition coefficient (Wildman–Crippen LogP) is 10.2. The van der Waals surface area contributed by atoms with Gasteiger partial charge in [-0.2, -0.15) is 0 Å². The SMILES string of the molecule is CCCCCCCCCCCCc1c[nH]c(C)c1CCCCCCCCCCCC. The largest absolute Gasteiger partial charge is 0.365 e. The van der Waals surface area contributed by atoms with E-state index in [1.807, 2.05) is 0 Å². The van der Waals surface area contributed by atoms with E-state index < -0.39 is 0 Å². The van der Waals surface area contributed by atoms with Gasteiger partial charge in [0.25, 0.3) is 0 Å². The van der Waals surface area contributed by atoms with Crippen LogP contribution in [-0.2, 0) is 12.8 Å². The third kappa shape index (κ3) is 14.3. The van der Waals surface area contributed by atoms with Crippen molar-refractivity contribution in [2.45, 2.75) is 162 Å². The monoisotopic (exact) mass is 417 g/mol. The Morgan fingerprint density at radius 3 is 1.30 bits per heavy atom. The van der Waals surface area contributed by atoms with Crippen molar-refractivity contribution in [1.29, 1.82) is 0 Å². The summed E-state index contributed by atoms with van der Waals surface area (Å²) in [5.41, 5.74) is 4.68. The summed E-state index contributed by atoms with van der Waals surface area (Å²) >= 11 is 0. The van der Waals surface area contributed by atoms with Crippen molar-refractivity contribution < 1.29 is 0 Å². The molecular formula is C29H55N. The van der Waals surface area contributed by atoms with Crippen molar-refractivity contribution in [3.05, 3.63) is 23.0 Å². The van der Waals surface area contributed by atoms with Crippen LogP contribution < -0.4 is 0 Å². The molecule has 1 rings (SSSR count). The van der Waals surface area contributed by atoms with Crippen LogP contribution in [0.25, 0.3) is 0 Å². The lowest BCUT2D eigenvalue weighted by Crippen LogP contribution is -1.94. The summed E-state index contributed by atoms with van der Waals surface area (Å²) in [4.78, 5) is 3.51. The van der Waals surface area contributed by atoms with Crippen molar-refractivity contribution in [2.75, 3.05) is 0 Å². The van der Waals surface area contributed by atoms with Crippen LogP contribution in [0.5, 0.6) is 0 Å². The average Bonchev–Trinajstić information content (AvgIpc) is 3.10. The minimum atomic E-state index is 1.29. The quantitative estimate of drug-likeness (QED) is 0.181. The number of hydrogen-bond donors (Lipinski definition) is 1. The Labute approximate surface area is 190 Å². The molecule has 0 atom stereocenters. The molecule has 0 radical (unpaired) electrons. The second-order valence-corrected chi connectivity index (χ2v) is 9.78. The Morgan fingerprint density at radius 1 is 0.500 bits per heavy atom. The van der Waals surface area contributed by atoms with Gasteiger partial charge in [0.15, 0.2) is 0 Å². The van der Waals surface area contributed by atoms with E-state index in [0.29, 0.717) is 0 Å². The first-order chi connectivity index (χ1) is 14.8. The number of aryl methyl sites for hydroxylation is 2. The van der Waals surface area contributed by atoms with Gasteiger partial charge in [0.2, 0.25) is 0 Å². The van der Waals surface area contributed by atoms with Crippen molar-refractivity contribution in [1.82, 2.24) is 4.98 Å². The highest BCUT2D eigenvalue weighted by Crippen LogP contribution is 2.21. The molecule has 1 heterocycles. The number of nitrogens with one attached hydrogen (secondary N) is 1. The number of aromatic nitrogens is 1. The smallest absolute Gasteiger partial charge is 0.0150 e. The molecule has 0 aliphatic rings. The van der Waals surface area contributed by atoms with Crippen LogP contribution in [0.4, 0.5) is 0 Å². The molecule has 0 spiro atoms. The summed E-state index contributed by atoms with van der Waals surface area (Å²) in [5, 5.41) is 0. The molecule has 0 amide bonds. The van der Waals surface area contributed by atoms with E-state index in [1.165, 1.54) is 147 Å². The zero-order chi connectivity index (χ0) is 21.7. The first-order valence-corrected chi connectivity index (χ1v) is 13.9. The summed E-state index contributed by atoms with van der Waals surface area (Å²) in [6.45, 7) is 6.87. The summed E-state index contributed by atoms with van der Waals surface area (Å²) < 4.78 is 0. The molecule has 0 aliphatic carbocycles. The topological polar surface area (TPSA) is 15.8 Å². The third-order valence-electron chi connectivity index (χ3n) is 6.88. The van der Waals surface area contributed by atoms with Gasteiger partial charge < -0.3 is 4.98 Å². The first-order valence-electron chi connectivity index (χ1n) is 13.9. The lowest BCUT2D eigenvalue weighted by Gasteiger charge is -2.07. The molecule has 30 heavy (non-hydrogen) atoms. The molecule has 0 saturated heterocycles. The van der Waals surface area contributed by atoms with Gasteiger partial charge in [-0.1, -0.05) is 129 Å². The Balaban J connectivity index is 2.03. The zero-order valence-electron chi connectivity index (χ0n) is 21.1. The molecule has 0 unspecified atom stereocenters. The molecule has 0 saturated carbocycles. The first kappa shape index (κ1) is 27.3. The van der Waals surface area contributed by atoms with Crippen LogP contribution in [0.1, 0.15) is 159 Å². The Morgan fingerprint density at radius 2 is 0.867 bits per heavy atom. The van der Waals surface area contributed by atoms with Gasteiger partial charge in [0.1, 0.15) is 0 Å². The highest BCUT2D eigenvalue weighted by molar-refractivity contribution is 5.30. The summed E-state index contributed by atoms with van der Waals surface area (Å²) in [5.74, 6) is 0. The Kier molecular flexibility index (Phi) is 18.4. The van der Waals surface area contributed by atoms with E-state index in [2.05, 4.69) is 32.0 Å². The fourth-order valence-corrected chi connectivity index (χ4v) is 4.77. The van der Waals surface area contributed by atoms with Crippen LogP contribution >= 0.6 is 0 Å². The minimum absolute atomic E-state index is 1.29. The Hall–Kier alpha value is -0.720. The number of unbranched alkanes of at least 4 members (excludes halogenated alkanes) is 18.